The molecule has 0 aromatic heterocycles. The van der Waals surface area contributed by atoms with Crippen molar-refractivity contribution in [1.82, 2.24) is 0 Å². The van der Waals surface area contributed by atoms with Gasteiger partial charge >= 0.3 is 0 Å². The van der Waals surface area contributed by atoms with Gasteiger partial charge in [-0.05, 0) is 42.7 Å². The molecule has 0 radical (unpaired) electrons. The molecule has 0 unspecified atom stereocenters. The second-order valence-corrected chi connectivity index (χ2v) is 5.23. The quantitative estimate of drug-likeness (QED) is 0.881. The third-order valence-corrected chi connectivity index (χ3v) is 3.43. The molecule has 0 saturated carbocycles. The van der Waals surface area contributed by atoms with Crippen LogP contribution in [0.15, 0.2) is 46.9 Å². The van der Waals surface area contributed by atoms with E-state index in [1.165, 1.54) is 5.56 Å². The predicted molar refractivity (Wildman–Crippen MR) is 74.1 cm³/mol. The molecule has 0 bridgehead atoms. The second kappa shape index (κ2) is 5.03. The number of hydrogen-bond acceptors (Lipinski definition) is 1. The highest BCUT2D eigenvalue weighted by atomic mass is 79.9. The Morgan fingerprint density at radius 3 is 2.24 bits per heavy atom. The fraction of sp³-hybridized carbons (Fsp3) is 0.200. The molecule has 0 aliphatic carbocycles. The van der Waals surface area contributed by atoms with Gasteiger partial charge in [0, 0.05) is 4.47 Å². The normalized spacial score (nSPS) is 12.5. The van der Waals surface area contributed by atoms with E-state index in [-0.39, 0.29) is 0 Å². The largest absolute Gasteiger partial charge is 0.384 e. The molecule has 1 nitrogen and oxygen atoms in total. The molecule has 0 amide bonds. The summed E-state index contributed by atoms with van der Waals surface area (Å²) in [6, 6.07) is 13.9. The van der Waals surface area contributed by atoms with Crippen molar-refractivity contribution in [1.29, 1.82) is 0 Å². The molecular weight excluding hydrogens is 276 g/mol. The van der Waals surface area contributed by atoms with E-state index in [9.17, 15) is 5.11 Å². The zero-order chi connectivity index (χ0) is 12.4. The van der Waals surface area contributed by atoms with E-state index in [0.717, 1.165) is 21.2 Å². The fourth-order valence-electron chi connectivity index (χ4n) is 1.96. The number of benzene rings is 2. The highest BCUT2D eigenvalue weighted by Gasteiger charge is 2.12. The first-order chi connectivity index (χ1) is 8.08. The minimum atomic E-state index is -0.552. The van der Waals surface area contributed by atoms with Crippen molar-refractivity contribution in [3.05, 3.63) is 69.2 Å². The molecule has 0 fully saturated rings. The minimum absolute atomic E-state index is 0.552. The van der Waals surface area contributed by atoms with Crippen molar-refractivity contribution in [2.75, 3.05) is 0 Å². The van der Waals surface area contributed by atoms with Gasteiger partial charge in [0.15, 0.2) is 0 Å². The van der Waals surface area contributed by atoms with Crippen molar-refractivity contribution in [3.8, 4) is 0 Å². The summed E-state index contributed by atoms with van der Waals surface area (Å²) in [6.07, 6.45) is -0.552. The number of hydrogen-bond donors (Lipinski definition) is 1. The highest BCUT2D eigenvalue weighted by Crippen LogP contribution is 2.26. The lowest BCUT2D eigenvalue weighted by molar-refractivity contribution is 0.219. The summed E-state index contributed by atoms with van der Waals surface area (Å²) in [7, 11) is 0. The van der Waals surface area contributed by atoms with Gasteiger partial charge in [-0.2, -0.15) is 0 Å². The van der Waals surface area contributed by atoms with Gasteiger partial charge in [0.05, 0.1) is 0 Å². The highest BCUT2D eigenvalue weighted by molar-refractivity contribution is 9.10. The van der Waals surface area contributed by atoms with Crippen molar-refractivity contribution in [3.63, 3.8) is 0 Å². The Balaban J connectivity index is 2.36. The Hall–Kier alpha value is -1.12. The van der Waals surface area contributed by atoms with Crippen LogP contribution in [0.25, 0.3) is 0 Å². The molecule has 88 valence electrons. The molecule has 2 heteroatoms. The van der Waals surface area contributed by atoms with Crippen molar-refractivity contribution < 1.29 is 5.11 Å². The molecule has 0 aliphatic rings. The van der Waals surface area contributed by atoms with E-state index in [0.29, 0.717) is 0 Å². The molecular formula is C15H15BrO. The van der Waals surface area contributed by atoms with E-state index < -0.39 is 6.10 Å². The monoisotopic (exact) mass is 290 g/mol. The Morgan fingerprint density at radius 1 is 1.00 bits per heavy atom. The molecule has 1 N–H and O–H groups in total. The van der Waals surface area contributed by atoms with Crippen LogP contribution in [0.3, 0.4) is 0 Å². The average Bonchev–Trinajstić information content (AvgIpc) is 2.29. The summed E-state index contributed by atoms with van der Waals surface area (Å²) in [4.78, 5) is 0. The second-order valence-electron chi connectivity index (χ2n) is 4.31. The Kier molecular flexibility index (Phi) is 3.65. The predicted octanol–water partition coefficient (Wildman–Crippen LogP) is 4.15. The first-order valence-electron chi connectivity index (χ1n) is 5.58. The number of halogens is 1. The molecule has 2 aromatic rings. The summed E-state index contributed by atoms with van der Waals surface area (Å²) >= 11 is 3.39. The molecule has 0 aliphatic heterocycles. The van der Waals surface area contributed by atoms with Crippen LogP contribution >= 0.6 is 15.9 Å². The topological polar surface area (TPSA) is 20.2 Å². The van der Waals surface area contributed by atoms with Crippen LogP contribution in [0.2, 0.25) is 0 Å². The van der Waals surface area contributed by atoms with Gasteiger partial charge in [0.1, 0.15) is 6.10 Å². The minimum Gasteiger partial charge on any atom is -0.384 e. The van der Waals surface area contributed by atoms with Gasteiger partial charge in [-0.1, -0.05) is 51.8 Å². The summed E-state index contributed by atoms with van der Waals surface area (Å²) < 4.78 is 1.02. The van der Waals surface area contributed by atoms with Crippen molar-refractivity contribution in [2.45, 2.75) is 20.0 Å². The summed E-state index contributed by atoms with van der Waals surface area (Å²) in [5.74, 6) is 0. The van der Waals surface area contributed by atoms with Gasteiger partial charge in [-0.15, -0.1) is 0 Å². The molecule has 0 saturated heterocycles. The molecule has 17 heavy (non-hydrogen) atoms. The number of rotatable bonds is 2. The smallest absolute Gasteiger partial charge is 0.104 e. The first-order valence-corrected chi connectivity index (χ1v) is 6.38. The maximum atomic E-state index is 10.3. The summed E-state index contributed by atoms with van der Waals surface area (Å²) in [6.45, 7) is 4.09. The van der Waals surface area contributed by atoms with Crippen LogP contribution in [0.4, 0.5) is 0 Å². The Morgan fingerprint density at radius 2 is 1.65 bits per heavy atom. The zero-order valence-electron chi connectivity index (χ0n) is 9.94. The Labute approximate surface area is 110 Å². The lowest BCUT2D eigenvalue weighted by atomic mass is 9.96. The van der Waals surface area contributed by atoms with Crippen molar-refractivity contribution in [2.24, 2.45) is 0 Å². The van der Waals surface area contributed by atoms with E-state index in [2.05, 4.69) is 28.9 Å². The molecule has 0 heterocycles. The molecule has 0 spiro atoms. The van der Waals surface area contributed by atoms with Crippen LogP contribution in [0, 0.1) is 13.8 Å². The van der Waals surface area contributed by atoms with Gasteiger partial charge in [-0.3, -0.25) is 0 Å². The zero-order valence-corrected chi connectivity index (χ0v) is 11.5. The van der Waals surface area contributed by atoms with Crippen LogP contribution in [0.5, 0.6) is 0 Å². The van der Waals surface area contributed by atoms with Crippen LogP contribution in [-0.2, 0) is 0 Å². The maximum absolute atomic E-state index is 10.3. The summed E-state index contributed by atoms with van der Waals surface area (Å²) in [5, 5.41) is 10.3. The van der Waals surface area contributed by atoms with E-state index in [1.54, 1.807) is 0 Å². The lowest BCUT2D eigenvalue weighted by Gasteiger charge is -2.14. The van der Waals surface area contributed by atoms with Gasteiger partial charge in [-0.25, -0.2) is 0 Å². The van der Waals surface area contributed by atoms with E-state index >= 15 is 0 Å². The fourth-order valence-corrected chi connectivity index (χ4v) is 2.22. The first kappa shape index (κ1) is 12.3. The van der Waals surface area contributed by atoms with Crippen LogP contribution < -0.4 is 0 Å². The molecule has 2 aromatic carbocycles. The maximum Gasteiger partial charge on any atom is 0.104 e. The standard InChI is InChI=1S/C15H15BrO/c1-10-3-8-14(11(2)9-10)15(17)12-4-6-13(16)7-5-12/h3-9,15,17H,1-2H3/t15-/m1/s1. The van der Waals surface area contributed by atoms with Gasteiger partial charge in [0.2, 0.25) is 0 Å². The lowest BCUT2D eigenvalue weighted by Crippen LogP contribution is -2.02. The van der Waals surface area contributed by atoms with Gasteiger partial charge < -0.3 is 5.11 Å². The Bertz CT molecular complexity index is 517. The van der Waals surface area contributed by atoms with E-state index in [1.807, 2.05) is 43.3 Å². The average molecular weight is 291 g/mol. The molecule has 1 atom stereocenters. The summed E-state index contributed by atoms with van der Waals surface area (Å²) in [5.41, 5.74) is 4.23. The third-order valence-electron chi connectivity index (χ3n) is 2.91. The number of aliphatic hydroxyl groups excluding tert-OH is 1. The number of aliphatic hydroxyl groups is 1. The van der Waals surface area contributed by atoms with Crippen LogP contribution in [0.1, 0.15) is 28.4 Å². The molecule has 2 rings (SSSR count). The third kappa shape index (κ3) is 2.76. The van der Waals surface area contributed by atoms with E-state index in [4.69, 9.17) is 0 Å². The van der Waals surface area contributed by atoms with Crippen molar-refractivity contribution >= 4 is 15.9 Å². The van der Waals surface area contributed by atoms with Crippen LogP contribution in [-0.4, -0.2) is 5.11 Å². The SMILES string of the molecule is Cc1ccc([C@H](O)c2ccc(Br)cc2)c(C)c1. The number of aryl methyl sites for hydroxylation is 2. The van der Waals surface area contributed by atoms with Gasteiger partial charge in [0.25, 0.3) is 0 Å².